The number of aromatic nitrogens is 2. The molecule has 1 unspecified atom stereocenters. The summed E-state index contributed by atoms with van der Waals surface area (Å²) in [5.41, 5.74) is 3.13. The van der Waals surface area contributed by atoms with E-state index in [0.29, 0.717) is 5.15 Å². The van der Waals surface area contributed by atoms with Crippen LogP contribution >= 0.6 is 11.6 Å². The number of halogens is 1. The predicted octanol–water partition coefficient (Wildman–Crippen LogP) is 4.27. The van der Waals surface area contributed by atoms with Gasteiger partial charge in [-0.2, -0.15) is 0 Å². The molecule has 0 bridgehead atoms. The summed E-state index contributed by atoms with van der Waals surface area (Å²) in [7, 11) is 0. The van der Waals surface area contributed by atoms with Crippen LogP contribution < -0.4 is 4.74 Å². The summed E-state index contributed by atoms with van der Waals surface area (Å²) < 4.78 is 5.75. The molecule has 4 heteroatoms. The number of hydrogen-bond donors (Lipinski definition) is 0. The number of ether oxygens (including phenoxy) is 1. The molecule has 3 nitrogen and oxygen atoms in total. The third-order valence-corrected chi connectivity index (χ3v) is 4.09. The highest BCUT2D eigenvalue weighted by Crippen LogP contribution is 2.35. The Kier molecular flexibility index (Phi) is 2.82. The van der Waals surface area contributed by atoms with E-state index in [0.717, 1.165) is 34.2 Å². The highest BCUT2D eigenvalue weighted by molar-refractivity contribution is 6.34. The van der Waals surface area contributed by atoms with Crippen LogP contribution in [0.3, 0.4) is 0 Å². The van der Waals surface area contributed by atoms with Crippen molar-refractivity contribution in [2.24, 2.45) is 0 Å². The van der Waals surface area contributed by atoms with E-state index in [4.69, 9.17) is 16.3 Å². The Morgan fingerprint density at radius 2 is 1.90 bits per heavy atom. The second-order valence-corrected chi connectivity index (χ2v) is 5.70. The molecule has 2 heterocycles. The number of nitrogens with zero attached hydrogens (tertiary/aromatic N) is 2. The Hall–Kier alpha value is -2.13. The van der Waals surface area contributed by atoms with Gasteiger partial charge in [0.25, 0.3) is 0 Å². The van der Waals surface area contributed by atoms with Crippen LogP contribution in [-0.4, -0.2) is 16.3 Å². The lowest BCUT2D eigenvalue weighted by molar-refractivity contribution is 0.254. The van der Waals surface area contributed by atoms with E-state index in [1.807, 2.05) is 36.4 Å². The molecule has 4 rings (SSSR count). The van der Waals surface area contributed by atoms with E-state index in [1.165, 1.54) is 5.56 Å². The summed E-state index contributed by atoms with van der Waals surface area (Å²) in [6, 6.07) is 14.1. The van der Waals surface area contributed by atoms with Gasteiger partial charge in [-0.3, -0.25) is 0 Å². The van der Waals surface area contributed by atoms with Gasteiger partial charge in [0.05, 0.1) is 0 Å². The molecule has 0 amide bonds. The first-order valence-electron chi connectivity index (χ1n) is 6.93. The molecular weight excluding hydrogens is 284 g/mol. The highest BCUT2D eigenvalue weighted by Gasteiger charge is 2.20. The van der Waals surface area contributed by atoms with E-state index in [2.05, 4.69) is 23.2 Å². The maximum absolute atomic E-state index is 6.14. The Bertz CT molecular complexity index is 847. The van der Waals surface area contributed by atoms with Gasteiger partial charge in [-0.15, -0.1) is 10.2 Å². The lowest BCUT2D eigenvalue weighted by Crippen LogP contribution is -2.05. The molecule has 0 saturated carbocycles. The van der Waals surface area contributed by atoms with Crippen molar-refractivity contribution < 1.29 is 4.74 Å². The fraction of sp³-hybridized carbons (Fsp3) is 0.176. The summed E-state index contributed by atoms with van der Waals surface area (Å²) in [4.78, 5) is 0. The quantitative estimate of drug-likeness (QED) is 0.672. The molecule has 0 saturated heterocycles. The molecule has 104 valence electrons. The third kappa shape index (κ3) is 2.05. The van der Waals surface area contributed by atoms with Crippen LogP contribution in [0.2, 0.25) is 5.15 Å². The monoisotopic (exact) mass is 296 g/mol. The maximum Gasteiger partial charge on any atom is 0.159 e. The minimum atomic E-state index is 0.239. The Balaban J connectivity index is 1.92. The molecule has 1 aliphatic rings. The van der Waals surface area contributed by atoms with Gasteiger partial charge < -0.3 is 4.74 Å². The molecule has 3 aromatic rings. The lowest BCUT2D eigenvalue weighted by atomic mass is 10.0. The summed E-state index contributed by atoms with van der Waals surface area (Å²) in [6.07, 6.45) is 1.17. The van der Waals surface area contributed by atoms with Crippen LogP contribution in [-0.2, 0) is 6.42 Å². The van der Waals surface area contributed by atoms with Crippen molar-refractivity contribution in [1.82, 2.24) is 10.2 Å². The maximum atomic E-state index is 6.14. The van der Waals surface area contributed by atoms with E-state index >= 15 is 0 Å². The first-order valence-corrected chi connectivity index (χ1v) is 7.31. The molecule has 0 spiro atoms. The minimum absolute atomic E-state index is 0.239. The van der Waals surface area contributed by atoms with Gasteiger partial charge in [-0.05, 0) is 30.7 Å². The second-order valence-electron chi connectivity index (χ2n) is 5.34. The lowest BCUT2D eigenvalue weighted by Gasteiger charge is -2.07. The minimum Gasteiger partial charge on any atom is -0.490 e. The van der Waals surface area contributed by atoms with Crippen LogP contribution in [0.15, 0.2) is 42.5 Å². The molecule has 0 N–H and O–H groups in total. The Labute approximate surface area is 127 Å². The van der Waals surface area contributed by atoms with Crippen molar-refractivity contribution >= 4 is 22.4 Å². The standard InChI is InChI=1S/C17H13ClN2O/c1-10-8-12-9-11(6-7-15(12)21-10)16-13-4-2-3-5-14(13)17(18)20-19-16/h2-7,9-10H,8H2,1H3. The van der Waals surface area contributed by atoms with Crippen molar-refractivity contribution in [2.45, 2.75) is 19.4 Å². The number of fused-ring (bicyclic) bond motifs is 2. The van der Waals surface area contributed by atoms with Crippen LogP contribution in [0, 0.1) is 0 Å². The molecule has 0 aliphatic carbocycles. The zero-order chi connectivity index (χ0) is 14.4. The number of benzene rings is 2. The molecule has 1 atom stereocenters. The first kappa shape index (κ1) is 12.6. The van der Waals surface area contributed by atoms with Crippen molar-refractivity contribution in [3.8, 4) is 17.0 Å². The SMILES string of the molecule is CC1Cc2cc(-c3nnc(Cl)c4ccccc34)ccc2O1. The molecule has 21 heavy (non-hydrogen) atoms. The number of rotatable bonds is 1. The molecule has 0 radical (unpaired) electrons. The molecule has 0 fully saturated rings. The van der Waals surface area contributed by atoms with Gasteiger partial charge in [-0.1, -0.05) is 35.9 Å². The van der Waals surface area contributed by atoms with Gasteiger partial charge in [0.1, 0.15) is 17.5 Å². The summed E-state index contributed by atoms with van der Waals surface area (Å²) in [5, 5.41) is 10.8. The summed E-state index contributed by atoms with van der Waals surface area (Å²) in [6.45, 7) is 2.08. The average molecular weight is 297 g/mol. The normalized spacial score (nSPS) is 16.8. The van der Waals surface area contributed by atoms with Crippen molar-refractivity contribution in [2.75, 3.05) is 0 Å². The number of hydrogen-bond acceptors (Lipinski definition) is 3. The zero-order valence-corrected chi connectivity index (χ0v) is 12.3. The second kappa shape index (κ2) is 4.71. The van der Waals surface area contributed by atoms with Gasteiger partial charge >= 0.3 is 0 Å². The first-order chi connectivity index (χ1) is 10.2. The molecule has 2 aromatic carbocycles. The molecule has 1 aromatic heterocycles. The summed E-state index contributed by atoms with van der Waals surface area (Å²) in [5.74, 6) is 0.970. The van der Waals surface area contributed by atoms with Crippen molar-refractivity contribution in [3.63, 3.8) is 0 Å². The molecule has 1 aliphatic heterocycles. The highest BCUT2D eigenvalue weighted by atomic mass is 35.5. The van der Waals surface area contributed by atoms with Crippen molar-refractivity contribution in [1.29, 1.82) is 0 Å². The van der Waals surface area contributed by atoms with E-state index in [9.17, 15) is 0 Å². The van der Waals surface area contributed by atoms with E-state index < -0.39 is 0 Å². The Morgan fingerprint density at radius 3 is 2.76 bits per heavy atom. The van der Waals surface area contributed by atoms with E-state index in [1.54, 1.807) is 0 Å². The Morgan fingerprint density at radius 1 is 1.10 bits per heavy atom. The third-order valence-electron chi connectivity index (χ3n) is 3.81. The van der Waals surface area contributed by atoms with Crippen LogP contribution in [0.4, 0.5) is 0 Å². The van der Waals surface area contributed by atoms with Crippen LogP contribution in [0.25, 0.3) is 22.0 Å². The topological polar surface area (TPSA) is 35.0 Å². The summed E-state index contributed by atoms with van der Waals surface area (Å²) >= 11 is 6.14. The van der Waals surface area contributed by atoms with Crippen molar-refractivity contribution in [3.05, 3.63) is 53.2 Å². The largest absolute Gasteiger partial charge is 0.490 e. The smallest absolute Gasteiger partial charge is 0.159 e. The molecular formula is C17H13ClN2O. The zero-order valence-electron chi connectivity index (χ0n) is 11.5. The van der Waals surface area contributed by atoms with Crippen LogP contribution in [0.1, 0.15) is 12.5 Å². The fourth-order valence-corrected chi connectivity index (χ4v) is 3.06. The van der Waals surface area contributed by atoms with Gasteiger partial charge in [0.15, 0.2) is 5.15 Å². The van der Waals surface area contributed by atoms with E-state index in [-0.39, 0.29) is 6.10 Å². The fourth-order valence-electron chi connectivity index (χ4n) is 2.85. The van der Waals surface area contributed by atoms with Gasteiger partial charge in [0.2, 0.25) is 0 Å². The van der Waals surface area contributed by atoms with Gasteiger partial charge in [0, 0.05) is 22.8 Å². The predicted molar refractivity (Wildman–Crippen MR) is 83.8 cm³/mol. The average Bonchev–Trinajstić information content (AvgIpc) is 2.87. The van der Waals surface area contributed by atoms with Crippen LogP contribution in [0.5, 0.6) is 5.75 Å². The van der Waals surface area contributed by atoms with Gasteiger partial charge in [-0.25, -0.2) is 0 Å².